The first-order chi connectivity index (χ1) is 15.0. The molecule has 0 aromatic heterocycles. The summed E-state index contributed by atoms with van der Waals surface area (Å²) in [5.74, 6) is 1.15. The molecule has 0 bridgehead atoms. The maximum Gasteiger partial charge on any atom is 0.255 e. The molecule has 7 heteroatoms. The number of anilines is 2. The Hall–Kier alpha value is -3.45. The normalized spacial score (nSPS) is 10.3. The van der Waals surface area contributed by atoms with Gasteiger partial charge in [-0.3, -0.25) is 9.59 Å². The van der Waals surface area contributed by atoms with Crippen molar-refractivity contribution in [2.24, 2.45) is 0 Å². The third-order valence-electron chi connectivity index (χ3n) is 4.43. The first kappa shape index (κ1) is 22.2. The van der Waals surface area contributed by atoms with Crippen LogP contribution in [0.15, 0.2) is 71.6 Å². The van der Waals surface area contributed by atoms with Gasteiger partial charge in [-0.15, -0.1) is 11.8 Å². The molecule has 0 unspecified atom stereocenters. The number of ether oxygens (including phenoxy) is 2. The SMILES string of the molecule is COc1cc(NC(=O)CSc2ccc(NC(=O)c3ccc(C)cc3)cc2)cc(OC)c1. The molecule has 0 fully saturated rings. The second-order valence-corrected chi connectivity index (χ2v) is 7.83. The smallest absolute Gasteiger partial charge is 0.255 e. The largest absolute Gasteiger partial charge is 0.497 e. The summed E-state index contributed by atoms with van der Waals surface area (Å²) < 4.78 is 10.4. The number of hydrogen-bond acceptors (Lipinski definition) is 5. The molecule has 0 aliphatic rings. The van der Waals surface area contributed by atoms with Crippen molar-refractivity contribution in [1.29, 1.82) is 0 Å². The summed E-state index contributed by atoms with van der Waals surface area (Å²) in [6, 6.07) is 20.0. The number of hydrogen-bond donors (Lipinski definition) is 2. The minimum Gasteiger partial charge on any atom is -0.497 e. The number of amides is 2. The number of methoxy groups -OCH3 is 2. The topological polar surface area (TPSA) is 76.7 Å². The van der Waals surface area contributed by atoms with Gasteiger partial charge in [-0.1, -0.05) is 17.7 Å². The Balaban J connectivity index is 1.52. The summed E-state index contributed by atoms with van der Waals surface area (Å²) in [6.45, 7) is 1.98. The molecule has 0 radical (unpaired) electrons. The summed E-state index contributed by atoms with van der Waals surface area (Å²) in [5.41, 5.74) is 3.02. The fraction of sp³-hybridized carbons (Fsp3) is 0.167. The maximum atomic E-state index is 12.3. The van der Waals surface area contributed by atoms with Crippen molar-refractivity contribution in [3.8, 4) is 11.5 Å². The number of thioether (sulfide) groups is 1. The molecule has 6 nitrogen and oxygen atoms in total. The number of aryl methyl sites for hydroxylation is 1. The Kier molecular flexibility index (Phi) is 7.56. The van der Waals surface area contributed by atoms with Crippen LogP contribution < -0.4 is 20.1 Å². The minimum atomic E-state index is -0.159. The van der Waals surface area contributed by atoms with Crippen molar-refractivity contribution in [3.05, 3.63) is 77.9 Å². The number of rotatable bonds is 8. The van der Waals surface area contributed by atoms with E-state index in [4.69, 9.17) is 9.47 Å². The summed E-state index contributed by atoms with van der Waals surface area (Å²) >= 11 is 1.41. The van der Waals surface area contributed by atoms with E-state index >= 15 is 0 Å². The van der Waals surface area contributed by atoms with Crippen LogP contribution in [-0.2, 0) is 4.79 Å². The first-order valence-electron chi connectivity index (χ1n) is 9.60. The third-order valence-corrected chi connectivity index (χ3v) is 5.44. The third kappa shape index (κ3) is 6.52. The summed E-state index contributed by atoms with van der Waals surface area (Å²) in [6.07, 6.45) is 0. The molecule has 0 saturated heterocycles. The van der Waals surface area contributed by atoms with Gasteiger partial charge in [0.05, 0.1) is 20.0 Å². The van der Waals surface area contributed by atoms with E-state index < -0.39 is 0 Å². The molecule has 0 aliphatic heterocycles. The van der Waals surface area contributed by atoms with Crippen LogP contribution in [0.4, 0.5) is 11.4 Å². The average Bonchev–Trinajstić information content (AvgIpc) is 2.78. The Morgan fingerprint density at radius 3 is 2.00 bits per heavy atom. The first-order valence-corrected chi connectivity index (χ1v) is 10.6. The summed E-state index contributed by atoms with van der Waals surface area (Å²) in [4.78, 5) is 25.5. The molecule has 31 heavy (non-hydrogen) atoms. The number of nitrogens with one attached hydrogen (secondary N) is 2. The zero-order chi connectivity index (χ0) is 22.2. The molecule has 2 amide bonds. The van der Waals surface area contributed by atoms with E-state index in [-0.39, 0.29) is 17.6 Å². The highest BCUT2D eigenvalue weighted by atomic mass is 32.2. The summed E-state index contributed by atoms with van der Waals surface area (Å²) in [7, 11) is 3.12. The zero-order valence-electron chi connectivity index (χ0n) is 17.6. The van der Waals surface area contributed by atoms with Gasteiger partial charge in [-0.2, -0.15) is 0 Å². The number of carbonyl (C=O) groups is 2. The lowest BCUT2D eigenvalue weighted by Crippen LogP contribution is -2.14. The van der Waals surface area contributed by atoms with E-state index in [0.29, 0.717) is 28.4 Å². The molecule has 2 N–H and O–H groups in total. The van der Waals surface area contributed by atoms with Crippen LogP contribution >= 0.6 is 11.8 Å². The predicted octanol–water partition coefficient (Wildman–Crippen LogP) is 5.00. The molecular weight excluding hydrogens is 412 g/mol. The van der Waals surface area contributed by atoms with Crippen molar-refractivity contribution >= 4 is 35.0 Å². The van der Waals surface area contributed by atoms with Crippen LogP contribution in [0.1, 0.15) is 15.9 Å². The van der Waals surface area contributed by atoms with Crippen LogP contribution in [0.2, 0.25) is 0 Å². The maximum absolute atomic E-state index is 12.3. The standard InChI is InChI=1S/C24H24N2O4S/c1-16-4-6-17(7-5-16)24(28)26-18-8-10-22(11-9-18)31-15-23(27)25-19-12-20(29-2)14-21(13-19)30-3/h4-14H,15H2,1-3H3,(H,25,27)(H,26,28). The quantitative estimate of drug-likeness (QED) is 0.486. The van der Waals surface area contributed by atoms with E-state index in [9.17, 15) is 9.59 Å². The van der Waals surface area contributed by atoms with Gasteiger partial charge in [0.15, 0.2) is 0 Å². The fourth-order valence-electron chi connectivity index (χ4n) is 2.77. The van der Waals surface area contributed by atoms with Gasteiger partial charge in [-0.25, -0.2) is 0 Å². The van der Waals surface area contributed by atoms with Crippen LogP contribution in [0, 0.1) is 6.92 Å². The Morgan fingerprint density at radius 2 is 1.42 bits per heavy atom. The fourth-order valence-corrected chi connectivity index (χ4v) is 3.47. The second kappa shape index (κ2) is 10.5. The molecule has 0 spiro atoms. The molecule has 3 aromatic carbocycles. The van der Waals surface area contributed by atoms with Gasteiger partial charge in [0.25, 0.3) is 5.91 Å². The molecule has 0 heterocycles. The predicted molar refractivity (Wildman–Crippen MR) is 124 cm³/mol. The van der Waals surface area contributed by atoms with Crippen molar-refractivity contribution in [2.75, 3.05) is 30.6 Å². The minimum absolute atomic E-state index is 0.142. The van der Waals surface area contributed by atoms with Gasteiger partial charge in [0, 0.05) is 40.0 Å². The summed E-state index contributed by atoms with van der Waals surface area (Å²) in [5, 5.41) is 5.72. The molecule has 0 saturated carbocycles. The monoisotopic (exact) mass is 436 g/mol. The van der Waals surface area contributed by atoms with Gasteiger partial charge in [-0.05, 0) is 43.3 Å². The van der Waals surface area contributed by atoms with E-state index in [2.05, 4.69) is 10.6 Å². The Labute approximate surface area is 186 Å². The van der Waals surface area contributed by atoms with Crippen molar-refractivity contribution in [3.63, 3.8) is 0 Å². The molecule has 3 aromatic rings. The van der Waals surface area contributed by atoms with Crippen molar-refractivity contribution in [2.45, 2.75) is 11.8 Å². The molecule has 0 atom stereocenters. The highest BCUT2D eigenvalue weighted by molar-refractivity contribution is 8.00. The molecule has 3 rings (SSSR count). The van der Waals surface area contributed by atoms with E-state index in [1.807, 2.05) is 43.3 Å². The van der Waals surface area contributed by atoms with Crippen LogP contribution in [0.5, 0.6) is 11.5 Å². The van der Waals surface area contributed by atoms with E-state index in [1.165, 1.54) is 11.8 Å². The lowest BCUT2D eigenvalue weighted by molar-refractivity contribution is -0.113. The van der Waals surface area contributed by atoms with Gasteiger partial charge < -0.3 is 20.1 Å². The lowest BCUT2D eigenvalue weighted by Gasteiger charge is -2.10. The Morgan fingerprint density at radius 1 is 0.806 bits per heavy atom. The van der Waals surface area contributed by atoms with Crippen LogP contribution in [0.25, 0.3) is 0 Å². The van der Waals surface area contributed by atoms with Gasteiger partial charge in [0.1, 0.15) is 11.5 Å². The van der Waals surface area contributed by atoms with Crippen LogP contribution in [-0.4, -0.2) is 31.8 Å². The zero-order valence-corrected chi connectivity index (χ0v) is 18.4. The lowest BCUT2D eigenvalue weighted by atomic mass is 10.1. The highest BCUT2D eigenvalue weighted by Gasteiger charge is 2.08. The molecule has 160 valence electrons. The second-order valence-electron chi connectivity index (χ2n) is 6.78. The number of carbonyl (C=O) groups excluding carboxylic acids is 2. The average molecular weight is 437 g/mol. The number of benzene rings is 3. The Bertz CT molecular complexity index is 1030. The highest BCUT2D eigenvalue weighted by Crippen LogP contribution is 2.26. The van der Waals surface area contributed by atoms with Gasteiger partial charge in [0.2, 0.25) is 5.91 Å². The van der Waals surface area contributed by atoms with Crippen molar-refractivity contribution in [1.82, 2.24) is 0 Å². The van der Waals surface area contributed by atoms with Crippen LogP contribution in [0.3, 0.4) is 0 Å². The van der Waals surface area contributed by atoms with E-state index in [1.54, 1.807) is 44.6 Å². The molecular formula is C24H24N2O4S. The van der Waals surface area contributed by atoms with E-state index in [0.717, 1.165) is 10.5 Å². The molecule has 0 aliphatic carbocycles. The van der Waals surface area contributed by atoms with Gasteiger partial charge >= 0.3 is 0 Å². The van der Waals surface area contributed by atoms with Crippen molar-refractivity contribution < 1.29 is 19.1 Å².